The maximum Gasteiger partial charge on any atom is 0.151 e. The molecule has 0 aliphatic heterocycles. The van der Waals surface area contributed by atoms with Gasteiger partial charge in [0.1, 0.15) is 6.33 Å². The Morgan fingerprint density at radius 2 is 2.11 bits per heavy atom. The van der Waals surface area contributed by atoms with Gasteiger partial charge in [-0.15, -0.1) is 5.10 Å². The predicted octanol–water partition coefficient (Wildman–Crippen LogP) is 0.494. The molecule has 0 radical (unpaired) electrons. The summed E-state index contributed by atoms with van der Waals surface area (Å²) in [6, 6.07) is 0. The van der Waals surface area contributed by atoms with Crippen molar-refractivity contribution in [3.8, 4) is 0 Å². The smallest absolute Gasteiger partial charge is 0.151 e. The van der Waals surface area contributed by atoms with E-state index in [-0.39, 0.29) is 5.54 Å². The van der Waals surface area contributed by atoms with E-state index >= 15 is 0 Å². The van der Waals surface area contributed by atoms with Gasteiger partial charge in [-0.05, 0) is 20.8 Å². The van der Waals surface area contributed by atoms with Gasteiger partial charge in [0.25, 0.3) is 0 Å². The van der Waals surface area contributed by atoms with Crippen LogP contribution in [0.25, 0.3) is 0 Å². The summed E-state index contributed by atoms with van der Waals surface area (Å²) in [5.74, 6) is 0.855. The first-order chi connectivity index (χ1) is 8.95. The van der Waals surface area contributed by atoms with E-state index in [0.717, 1.165) is 24.5 Å². The van der Waals surface area contributed by atoms with Crippen LogP contribution in [0.4, 0.5) is 0 Å². The van der Waals surface area contributed by atoms with Crippen molar-refractivity contribution in [1.82, 2.24) is 35.1 Å². The first-order valence-corrected chi connectivity index (χ1v) is 6.42. The van der Waals surface area contributed by atoms with Gasteiger partial charge in [-0.25, -0.2) is 9.67 Å². The van der Waals surface area contributed by atoms with Crippen molar-refractivity contribution < 1.29 is 0 Å². The highest BCUT2D eigenvalue weighted by Crippen LogP contribution is 2.11. The largest absolute Gasteiger partial charge is 0.311 e. The molecule has 19 heavy (non-hydrogen) atoms. The van der Waals surface area contributed by atoms with Crippen LogP contribution in [0.5, 0.6) is 0 Å². The second-order valence-corrected chi connectivity index (χ2v) is 5.59. The number of rotatable bonds is 5. The highest BCUT2D eigenvalue weighted by molar-refractivity contribution is 4.94. The van der Waals surface area contributed by atoms with Gasteiger partial charge in [-0.2, -0.15) is 5.10 Å². The molecule has 2 heterocycles. The lowest BCUT2D eigenvalue weighted by Gasteiger charge is -2.17. The van der Waals surface area contributed by atoms with Crippen LogP contribution in [0.3, 0.4) is 0 Å². The molecule has 2 aromatic rings. The zero-order valence-corrected chi connectivity index (χ0v) is 12.0. The SMILES string of the molecule is Cn1cnc(CCNCc2cn(C(C)(C)C)nn2)n1. The molecule has 0 amide bonds. The van der Waals surface area contributed by atoms with Gasteiger partial charge < -0.3 is 5.32 Å². The van der Waals surface area contributed by atoms with E-state index in [2.05, 4.69) is 46.5 Å². The van der Waals surface area contributed by atoms with Crippen LogP contribution in [0, 0.1) is 0 Å². The zero-order chi connectivity index (χ0) is 13.9. The fraction of sp³-hybridized carbons (Fsp3) is 0.667. The molecular formula is C12H21N7. The first kappa shape index (κ1) is 13.7. The van der Waals surface area contributed by atoms with Crippen molar-refractivity contribution in [2.24, 2.45) is 7.05 Å². The van der Waals surface area contributed by atoms with Crippen LogP contribution in [0.15, 0.2) is 12.5 Å². The molecular weight excluding hydrogens is 242 g/mol. The molecule has 0 atom stereocenters. The Labute approximate surface area is 113 Å². The number of aromatic nitrogens is 6. The van der Waals surface area contributed by atoms with Crippen LogP contribution in [0.2, 0.25) is 0 Å². The van der Waals surface area contributed by atoms with E-state index in [1.165, 1.54) is 0 Å². The molecule has 1 N–H and O–H groups in total. The van der Waals surface area contributed by atoms with Crippen LogP contribution >= 0.6 is 0 Å². The van der Waals surface area contributed by atoms with Gasteiger partial charge in [0.2, 0.25) is 0 Å². The highest BCUT2D eigenvalue weighted by Gasteiger charge is 2.14. The molecule has 0 unspecified atom stereocenters. The monoisotopic (exact) mass is 263 g/mol. The van der Waals surface area contributed by atoms with Gasteiger partial charge >= 0.3 is 0 Å². The molecule has 0 saturated carbocycles. The van der Waals surface area contributed by atoms with Crippen molar-refractivity contribution in [2.75, 3.05) is 6.54 Å². The molecule has 2 aromatic heterocycles. The number of aryl methyl sites for hydroxylation is 1. The molecule has 0 fully saturated rings. The third-order valence-corrected chi connectivity index (χ3v) is 2.71. The lowest BCUT2D eigenvalue weighted by Crippen LogP contribution is -2.22. The van der Waals surface area contributed by atoms with Gasteiger partial charge in [-0.3, -0.25) is 4.68 Å². The van der Waals surface area contributed by atoms with E-state index in [9.17, 15) is 0 Å². The van der Waals surface area contributed by atoms with Gasteiger partial charge in [0, 0.05) is 26.6 Å². The van der Waals surface area contributed by atoms with E-state index in [1.54, 1.807) is 11.0 Å². The molecule has 104 valence electrons. The summed E-state index contributed by atoms with van der Waals surface area (Å²) in [5.41, 5.74) is 0.923. The van der Waals surface area contributed by atoms with Gasteiger partial charge in [0.15, 0.2) is 5.82 Å². The average Bonchev–Trinajstić information content (AvgIpc) is 2.93. The van der Waals surface area contributed by atoms with E-state index in [1.807, 2.05) is 17.9 Å². The van der Waals surface area contributed by atoms with E-state index in [4.69, 9.17) is 0 Å². The van der Waals surface area contributed by atoms with Gasteiger partial charge in [0.05, 0.1) is 17.4 Å². The fourth-order valence-corrected chi connectivity index (χ4v) is 1.62. The zero-order valence-electron chi connectivity index (χ0n) is 12.0. The summed E-state index contributed by atoms with van der Waals surface area (Å²) in [5, 5.41) is 15.8. The van der Waals surface area contributed by atoms with Crippen molar-refractivity contribution in [3.63, 3.8) is 0 Å². The van der Waals surface area contributed by atoms with Crippen molar-refractivity contribution >= 4 is 0 Å². The second-order valence-electron chi connectivity index (χ2n) is 5.59. The minimum absolute atomic E-state index is 0.0247. The summed E-state index contributed by atoms with van der Waals surface area (Å²) < 4.78 is 3.59. The molecule has 0 saturated heterocycles. The highest BCUT2D eigenvalue weighted by atomic mass is 15.4. The molecule has 0 aliphatic rings. The third kappa shape index (κ3) is 3.85. The maximum atomic E-state index is 4.23. The number of nitrogens with one attached hydrogen (secondary N) is 1. The Morgan fingerprint density at radius 3 is 2.68 bits per heavy atom. The molecule has 0 aliphatic carbocycles. The summed E-state index contributed by atoms with van der Waals surface area (Å²) >= 11 is 0. The Kier molecular flexibility index (Phi) is 3.94. The maximum absolute atomic E-state index is 4.23. The quantitative estimate of drug-likeness (QED) is 0.795. The Hall–Kier alpha value is -1.76. The van der Waals surface area contributed by atoms with Crippen molar-refractivity contribution in [1.29, 1.82) is 0 Å². The van der Waals surface area contributed by atoms with Gasteiger partial charge in [-0.1, -0.05) is 5.21 Å². The van der Waals surface area contributed by atoms with Crippen molar-refractivity contribution in [3.05, 3.63) is 24.0 Å². The van der Waals surface area contributed by atoms with E-state index in [0.29, 0.717) is 6.54 Å². The minimum atomic E-state index is -0.0247. The lowest BCUT2D eigenvalue weighted by atomic mass is 10.1. The van der Waals surface area contributed by atoms with Crippen LogP contribution in [-0.2, 0) is 25.6 Å². The molecule has 2 rings (SSSR count). The number of nitrogens with zero attached hydrogens (tertiary/aromatic N) is 6. The first-order valence-electron chi connectivity index (χ1n) is 6.42. The second kappa shape index (κ2) is 5.48. The summed E-state index contributed by atoms with van der Waals surface area (Å²) in [6.45, 7) is 7.85. The Balaban J connectivity index is 1.75. The molecule has 0 bridgehead atoms. The minimum Gasteiger partial charge on any atom is -0.311 e. The Morgan fingerprint density at radius 1 is 1.32 bits per heavy atom. The lowest BCUT2D eigenvalue weighted by molar-refractivity contribution is 0.347. The predicted molar refractivity (Wildman–Crippen MR) is 71.4 cm³/mol. The summed E-state index contributed by atoms with van der Waals surface area (Å²) in [7, 11) is 1.87. The third-order valence-electron chi connectivity index (χ3n) is 2.71. The summed E-state index contributed by atoms with van der Waals surface area (Å²) in [6.07, 6.45) is 4.50. The Bertz CT molecular complexity index is 520. The van der Waals surface area contributed by atoms with Crippen LogP contribution in [0.1, 0.15) is 32.3 Å². The molecule has 0 spiro atoms. The van der Waals surface area contributed by atoms with Crippen molar-refractivity contribution in [2.45, 2.75) is 39.3 Å². The standard InChI is InChI=1S/C12H21N7/c1-12(2,3)19-8-10(15-17-19)7-13-6-5-11-14-9-18(4)16-11/h8-9,13H,5-7H2,1-4H3. The molecule has 7 nitrogen and oxygen atoms in total. The molecule has 0 aromatic carbocycles. The topological polar surface area (TPSA) is 73.5 Å². The average molecular weight is 263 g/mol. The number of hydrogen-bond acceptors (Lipinski definition) is 5. The normalized spacial score (nSPS) is 12.0. The number of hydrogen-bond donors (Lipinski definition) is 1. The summed E-state index contributed by atoms with van der Waals surface area (Å²) in [4.78, 5) is 4.18. The van der Waals surface area contributed by atoms with E-state index < -0.39 is 0 Å². The fourth-order valence-electron chi connectivity index (χ4n) is 1.62. The molecule has 7 heteroatoms. The van der Waals surface area contributed by atoms with Crippen LogP contribution < -0.4 is 5.32 Å². The van der Waals surface area contributed by atoms with Crippen LogP contribution in [-0.4, -0.2) is 36.3 Å².